The third-order valence-corrected chi connectivity index (χ3v) is 0.287. The van der Waals surface area contributed by atoms with Crippen molar-refractivity contribution in [2.45, 2.75) is 13.8 Å². The molecule has 0 rings (SSSR count). The molecule has 0 atom stereocenters. The van der Waals surface area contributed by atoms with Crippen LogP contribution in [-0.2, 0) is 14.3 Å². The van der Waals surface area contributed by atoms with E-state index < -0.39 is 19.3 Å². The molecule has 0 aromatic heterocycles. The molecule has 0 saturated carbocycles. The Morgan fingerprint density at radius 1 is 1.09 bits per heavy atom. The van der Waals surface area contributed by atoms with Gasteiger partial charge in [-0.15, -0.1) is 0 Å². The van der Waals surface area contributed by atoms with Crippen molar-refractivity contribution in [1.82, 2.24) is 0 Å². The number of esters is 2. The maximum Gasteiger partial charge on any atom is 0.631 e. The molecule has 0 spiro atoms. The lowest BCUT2D eigenvalue weighted by Gasteiger charge is -1.87. The van der Waals surface area contributed by atoms with Gasteiger partial charge in [-0.3, -0.25) is 9.59 Å². The van der Waals surface area contributed by atoms with Gasteiger partial charge in [-0.05, 0) is 0 Å². The minimum absolute atomic E-state index is 0.562. The lowest BCUT2D eigenvalue weighted by molar-refractivity contribution is -0.156. The van der Waals surface area contributed by atoms with Crippen molar-refractivity contribution in [3.63, 3.8) is 0 Å². The summed E-state index contributed by atoms with van der Waals surface area (Å²) in [4.78, 5) is 19.6. The minimum Gasteiger partial charge on any atom is -0.402 e. The van der Waals surface area contributed by atoms with Crippen molar-refractivity contribution in [3.8, 4) is 0 Å². The molecule has 0 amide bonds. The molecule has 0 aromatic rings. The molecular formula is C4H9BO6. The number of rotatable bonds is 0. The SMILES string of the molecule is CC(=O)OC(C)=O.OB(O)O. The highest BCUT2D eigenvalue weighted by atomic mass is 16.6. The highest BCUT2D eigenvalue weighted by molar-refractivity contribution is 6.30. The molecular weight excluding hydrogens is 155 g/mol. The van der Waals surface area contributed by atoms with Crippen LogP contribution in [0, 0.1) is 0 Å². The van der Waals surface area contributed by atoms with Crippen molar-refractivity contribution >= 4 is 19.3 Å². The standard InChI is InChI=1S/C4H6O3.BH3O3/c1-3(5)7-4(2)6;2-1(3)4/h1-2H3;2-4H. The largest absolute Gasteiger partial charge is 0.631 e. The van der Waals surface area contributed by atoms with Gasteiger partial charge in [-0.2, -0.15) is 0 Å². The van der Waals surface area contributed by atoms with Crippen molar-refractivity contribution in [1.29, 1.82) is 0 Å². The second kappa shape index (κ2) is 7.20. The van der Waals surface area contributed by atoms with Crippen molar-refractivity contribution in [2.75, 3.05) is 0 Å². The van der Waals surface area contributed by atoms with Crippen LogP contribution < -0.4 is 0 Å². The van der Waals surface area contributed by atoms with Gasteiger partial charge in [0.05, 0.1) is 0 Å². The first kappa shape index (κ1) is 12.7. The second-order valence-corrected chi connectivity index (χ2v) is 1.43. The number of carbonyl (C=O) groups is 2. The molecule has 0 radical (unpaired) electrons. The van der Waals surface area contributed by atoms with Gasteiger partial charge < -0.3 is 19.8 Å². The van der Waals surface area contributed by atoms with E-state index >= 15 is 0 Å². The Bertz CT molecular complexity index is 118. The Balaban J connectivity index is 0. The van der Waals surface area contributed by atoms with Crippen LogP contribution in [0.25, 0.3) is 0 Å². The van der Waals surface area contributed by atoms with Crippen LogP contribution in [0.1, 0.15) is 13.8 Å². The zero-order valence-electron chi connectivity index (χ0n) is 6.14. The van der Waals surface area contributed by atoms with Gasteiger partial charge in [0.2, 0.25) is 0 Å². The van der Waals surface area contributed by atoms with Crippen molar-refractivity contribution in [3.05, 3.63) is 0 Å². The van der Waals surface area contributed by atoms with Gasteiger partial charge >= 0.3 is 19.3 Å². The fraction of sp³-hybridized carbons (Fsp3) is 0.500. The maximum atomic E-state index is 9.81. The summed E-state index contributed by atoms with van der Waals surface area (Å²) >= 11 is 0. The molecule has 7 heteroatoms. The highest BCUT2D eigenvalue weighted by Gasteiger charge is 1.93. The normalized spacial score (nSPS) is 7.36. The van der Waals surface area contributed by atoms with E-state index in [2.05, 4.69) is 4.74 Å². The van der Waals surface area contributed by atoms with Gasteiger partial charge in [0.15, 0.2) is 0 Å². The number of carbonyl (C=O) groups excluding carboxylic acids is 2. The summed E-state index contributed by atoms with van der Waals surface area (Å²) < 4.78 is 3.97. The van der Waals surface area contributed by atoms with Crippen LogP contribution in [0.3, 0.4) is 0 Å². The van der Waals surface area contributed by atoms with Gasteiger partial charge in [-0.1, -0.05) is 0 Å². The molecule has 0 unspecified atom stereocenters. The minimum atomic E-state index is -2.17. The Labute approximate surface area is 63.6 Å². The lowest BCUT2D eigenvalue weighted by atomic mass is 10.3. The predicted octanol–water partition coefficient (Wildman–Crippen LogP) is -1.96. The van der Waals surface area contributed by atoms with Crippen LogP contribution in [0.15, 0.2) is 0 Å². The van der Waals surface area contributed by atoms with Crippen molar-refractivity contribution < 1.29 is 29.4 Å². The summed E-state index contributed by atoms with van der Waals surface area (Å²) in [7, 11) is -2.17. The number of hydrogen-bond donors (Lipinski definition) is 3. The molecule has 0 heterocycles. The zero-order chi connectivity index (χ0) is 9.44. The van der Waals surface area contributed by atoms with E-state index in [0.29, 0.717) is 0 Å². The van der Waals surface area contributed by atoms with E-state index in [1.54, 1.807) is 0 Å². The summed E-state index contributed by atoms with van der Waals surface area (Å²) in [6.07, 6.45) is 0. The Kier molecular flexibility index (Phi) is 8.33. The highest BCUT2D eigenvalue weighted by Crippen LogP contribution is 1.73. The van der Waals surface area contributed by atoms with Gasteiger partial charge in [0, 0.05) is 13.8 Å². The summed E-state index contributed by atoms with van der Waals surface area (Å²) in [6.45, 7) is 2.36. The molecule has 3 N–H and O–H groups in total. The third-order valence-electron chi connectivity index (χ3n) is 0.287. The maximum absolute atomic E-state index is 9.81. The first-order valence-corrected chi connectivity index (χ1v) is 2.59. The van der Waals surface area contributed by atoms with Crippen LogP contribution in [0.4, 0.5) is 0 Å². The fourth-order valence-corrected chi connectivity index (χ4v) is 0.202. The molecule has 64 valence electrons. The Hall–Kier alpha value is -0.915. The molecule has 0 aliphatic rings. The predicted molar refractivity (Wildman–Crippen MR) is 34.9 cm³/mol. The average molecular weight is 164 g/mol. The quantitative estimate of drug-likeness (QED) is 0.218. The van der Waals surface area contributed by atoms with Crippen LogP contribution in [0.2, 0.25) is 0 Å². The first-order chi connectivity index (χ1) is 4.86. The molecule has 11 heavy (non-hydrogen) atoms. The first-order valence-electron chi connectivity index (χ1n) is 2.59. The molecule has 6 nitrogen and oxygen atoms in total. The summed E-state index contributed by atoms with van der Waals surface area (Å²) in [6, 6.07) is 0. The summed E-state index contributed by atoms with van der Waals surface area (Å²) in [5.41, 5.74) is 0. The Morgan fingerprint density at radius 2 is 1.27 bits per heavy atom. The Morgan fingerprint density at radius 3 is 1.27 bits per heavy atom. The number of hydrogen-bond acceptors (Lipinski definition) is 6. The van der Waals surface area contributed by atoms with E-state index in [-0.39, 0.29) is 0 Å². The van der Waals surface area contributed by atoms with Gasteiger partial charge in [-0.25, -0.2) is 0 Å². The second-order valence-electron chi connectivity index (χ2n) is 1.43. The fourth-order valence-electron chi connectivity index (χ4n) is 0.202. The topological polar surface area (TPSA) is 104 Å². The molecule has 0 bridgehead atoms. The van der Waals surface area contributed by atoms with Gasteiger partial charge in [0.1, 0.15) is 0 Å². The van der Waals surface area contributed by atoms with Crippen molar-refractivity contribution in [2.24, 2.45) is 0 Å². The lowest BCUT2D eigenvalue weighted by Crippen LogP contribution is -2.07. The van der Waals surface area contributed by atoms with E-state index in [1.165, 1.54) is 13.8 Å². The zero-order valence-corrected chi connectivity index (χ0v) is 6.14. The van der Waals surface area contributed by atoms with Crippen LogP contribution in [-0.4, -0.2) is 34.3 Å². The van der Waals surface area contributed by atoms with E-state index in [0.717, 1.165) is 0 Å². The van der Waals surface area contributed by atoms with E-state index in [1.807, 2.05) is 0 Å². The van der Waals surface area contributed by atoms with E-state index in [9.17, 15) is 9.59 Å². The average Bonchev–Trinajstić information content (AvgIpc) is 1.56. The molecule has 0 fully saturated rings. The molecule has 0 aliphatic carbocycles. The smallest absolute Gasteiger partial charge is 0.402 e. The van der Waals surface area contributed by atoms with E-state index in [4.69, 9.17) is 15.1 Å². The number of ether oxygens (including phenoxy) is 1. The van der Waals surface area contributed by atoms with Crippen LogP contribution >= 0.6 is 0 Å². The van der Waals surface area contributed by atoms with Gasteiger partial charge in [0.25, 0.3) is 0 Å². The molecule has 0 saturated heterocycles. The summed E-state index contributed by atoms with van der Waals surface area (Å²) in [5, 5.41) is 21.5. The monoisotopic (exact) mass is 164 g/mol. The van der Waals surface area contributed by atoms with Crippen LogP contribution in [0.5, 0.6) is 0 Å². The summed E-state index contributed by atoms with van der Waals surface area (Å²) in [5.74, 6) is -1.12. The molecule has 0 aromatic carbocycles. The third kappa shape index (κ3) is 47.9. The molecule has 0 aliphatic heterocycles.